The average molecular weight is 259 g/mol. The molecule has 2 heteroatoms. The van der Waals surface area contributed by atoms with Crippen LogP contribution in [0.15, 0.2) is 59.3 Å². The summed E-state index contributed by atoms with van der Waals surface area (Å²) in [4.78, 5) is 0. The van der Waals surface area contributed by atoms with Gasteiger partial charge in [0.15, 0.2) is 12.4 Å². The van der Waals surface area contributed by atoms with Gasteiger partial charge >= 0.3 is 0 Å². The fourth-order valence-corrected chi connectivity index (χ4v) is 2.32. The Morgan fingerprint density at radius 1 is 1.00 bits per heavy atom. The van der Waals surface area contributed by atoms with Gasteiger partial charge in [-0.25, -0.2) is 0 Å². The summed E-state index contributed by atoms with van der Waals surface area (Å²) in [6.45, 7) is 0. The zero-order valence-electron chi connectivity index (χ0n) is 8.02. The van der Waals surface area contributed by atoms with Crippen molar-refractivity contribution in [3.05, 3.63) is 59.3 Å². The molecule has 2 aromatic heterocycles. The van der Waals surface area contributed by atoms with Gasteiger partial charge in [-0.15, -0.1) is 0 Å². The number of benzene rings is 1. The average Bonchev–Trinajstić information content (AvgIpc) is 2.27. The Kier molecular flexibility index (Phi) is 1.96. The quantitative estimate of drug-likeness (QED) is 0.430. The molecular formula is C13H9BrN+. The Hall–Kier alpha value is -1.41. The maximum Gasteiger partial charge on any atom is 0.211 e. The van der Waals surface area contributed by atoms with E-state index in [1.807, 2.05) is 6.07 Å². The van der Waals surface area contributed by atoms with E-state index in [1.54, 1.807) is 0 Å². The van der Waals surface area contributed by atoms with Crippen molar-refractivity contribution in [1.82, 2.24) is 0 Å². The van der Waals surface area contributed by atoms with Crippen LogP contribution in [0.4, 0.5) is 0 Å². The number of hydrogen-bond donors (Lipinski definition) is 0. The van der Waals surface area contributed by atoms with E-state index < -0.39 is 0 Å². The van der Waals surface area contributed by atoms with Crippen LogP contribution in [0.2, 0.25) is 0 Å². The molecule has 0 amide bonds. The Morgan fingerprint density at radius 2 is 1.93 bits per heavy atom. The van der Waals surface area contributed by atoms with Crippen LogP contribution in [-0.4, -0.2) is 0 Å². The third-order valence-electron chi connectivity index (χ3n) is 2.58. The summed E-state index contributed by atoms with van der Waals surface area (Å²) in [6.07, 6.45) is 4.21. The van der Waals surface area contributed by atoms with Crippen LogP contribution in [-0.2, 0) is 0 Å². The van der Waals surface area contributed by atoms with Crippen molar-refractivity contribution in [3.63, 3.8) is 0 Å². The predicted octanol–water partition coefficient (Wildman–Crippen LogP) is 3.34. The zero-order valence-corrected chi connectivity index (χ0v) is 9.61. The molecule has 0 aliphatic rings. The first-order valence-electron chi connectivity index (χ1n) is 4.83. The van der Waals surface area contributed by atoms with E-state index in [0.29, 0.717) is 0 Å². The number of nitrogens with zero attached hydrogens (tertiary/aromatic N) is 1. The first-order valence-corrected chi connectivity index (χ1v) is 5.62. The van der Waals surface area contributed by atoms with Crippen LogP contribution >= 0.6 is 15.9 Å². The third kappa shape index (κ3) is 1.41. The molecule has 3 aromatic rings. The molecule has 0 fully saturated rings. The van der Waals surface area contributed by atoms with Gasteiger partial charge in [-0.1, -0.05) is 22.0 Å². The monoisotopic (exact) mass is 258 g/mol. The van der Waals surface area contributed by atoms with Gasteiger partial charge in [-0.2, -0.15) is 4.40 Å². The number of rotatable bonds is 0. The maximum atomic E-state index is 3.57. The molecule has 0 saturated heterocycles. The predicted molar refractivity (Wildman–Crippen MR) is 64.8 cm³/mol. The molecule has 0 aliphatic carbocycles. The summed E-state index contributed by atoms with van der Waals surface area (Å²) >= 11 is 3.57. The molecule has 0 N–H and O–H groups in total. The van der Waals surface area contributed by atoms with E-state index in [2.05, 4.69) is 69.1 Å². The fourth-order valence-electron chi connectivity index (χ4n) is 1.83. The fraction of sp³-hybridized carbons (Fsp3) is 0. The van der Waals surface area contributed by atoms with Crippen LogP contribution in [0.5, 0.6) is 0 Å². The normalized spacial score (nSPS) is 11.0. The van der Waals surface area contributed by atoms with Crippen LogP contribution in [0, 0.1) is 0 Å². The van der Waals surface area contributed by atoms with Crippen LogP contribution < -0.4 is 4.40 Å². The van der Waals surface area contributed by atoms with Gasteiger partial charge in [0.25, 0.3) is 0 Å². The molecule has 0 atom stereocenters. The van der Waals surface area contributed by atoms with Crippen LogP contribution in [0.1, 0.15) is 0 Å². The molecule has 0 spiro atoms. The van der Waals surface area contributed by atoms with E-state index in [9.17, 15) is 0 Å². The van der Waals surface area contributed by atoms with Crippen molar-refractivity contribution in [2.24, 2.45) is 0 Å². The lowest BCUT2D eigenvalue weighted by atomic mass is 10.1. The Bertz CT molecular complexity index is 646. The summed E-state index contributed by atoms with van der Waals surface area (Å²) in [6, 6.07) is 14.6. The molecule has 0 radical (unpaired) electrons. The second-order valence-corrected chi connectivity index (χ2v) is 4.40. The summed E-state index contributed by atoms with van der Waals surface area (Å²) in [5, 5.41) is 2.50. The number of aromatic nitrogens is 1. The van der Waals surface area contributed by atoms with Gasteiger partial charge < -0.3 is 0 Å². The number of pyridine rings is 2. The molecule has 2 heterocycles. The summed E-state index contributed by atoms with van der Waals surface area (Å²) in [7, 11) is 0. The minimum atomic E-state index is 1.14. The highest BCUT2D eigenvalue weighted by Crippen LogP contribution is 2.23. The molecule has 0 bridgehead atoms. The molecule has 0 unspecified atom stereocenters. The topological polar surface area (TPSA) is 4.10 Å². The van der Waals surface area contributed by atoms with E-state index in [4.69, 9.17) is 0 Å². The highest BCUT2D eigenvalue weighted by Gasteiger charge is 2.05. The van der Waals surface area contributed by atoms with Gasteiger partial charge in [0.05, 0.1) is 0 Å². The standard InChI is InChI=1S/C13H9BrN/c14-13-6-3-4-10-9-15-7-2-1-5-11(15)8-12(10)13/h1-9H/q+1. The third-order valence-corrected chi connectivity index (χ3v) is 3.27. The highest BCUT2D eigenvalue weighted by molar-refractivity contribution is 9.10. The zero-order chi connectivity index (χ0) is 10.3. The Morgan fingerprint density at radius 3 is 2.87 bits per heavy atom. The van der Waals surface area contributed by atoms with Crippen molar-refractivity contribution >= 4 is 32.2 Å². The molecule has 3 rings (SSSR count). The van der Waals surface area contributed by atoms with Crippen LogP contribution in [0.3, 0.4) is 0 Å². The van der Waals surface area contributed by atoms with Crippen molar-refractivity contribution in [3.8, 4) is 0 Å². The van der Waals surface area contributed by atoms with Crippen LogP contribution in [0.25, 0.3) is 16.3 Å². The SMILES string of the molecule is Brc1cccc2c[n+]3ccccc3cc12. The van der Waals surface area contributed by atoms with E-state index >= 15 is 0 Å². The van der Waals surface area contributed by atoms with Crippen molar-refractivity contribution < 1.29 is 4.40 Å². The molecule has 72 valence electrons. The minimum Gasteiger partial charge on any atom is -0.167 e. The van der Waals surface area contributed by atoms with Crippen molar-refractivity contribution in [2.45, 2.75) is 0 Å². The van der Waals surface area contributed by atoms with Gasteiger partial charge in [-0.05, 0) is 18.2 Å². The molecule has 0 saturated carbocycles. The number of hydrogen-bond acceptors (Lipinski definition) is 0. The smallest absolute Gasteiger partial charge is 0.167 e. The maximum absolute atomic E-state index is 3.57. The van der Waals surface area contributed by atoms with Gasteiger partial charge in [0, 0.05) is 33.4 Å². The minimum absolute atomic E-state index is 1.14. The van der Waals surface area contributed by atoms with Gasteiger partial charge in [0.1, 0.15) is 0 Å². The Labute approximate surface area is 96.1 Å². The lowest BCUT2D eigenvalue weighted by Crippen LogP contribution is -2.19. The Balaban J connectivity index is 2.53. The second-order valence-electron chi connectivity index (χ2n) is 3.55. The van der Waals surface area contributed by atoms with E-state index in [1.165, 1.54) is 16.3 Å². The van der Waals surface area contributed by atoms with Gasteiger partial charge in [0.2, 0.25) is 5.52 Å². The second kappa shape index (κ2) is 3.31. The first kappa shape index (κ1) is 8.86. The van der Waals surface area contributed by atoms with Crippen molar-refractivity contribution in [1.29, 1.82) is 0 Å². The highest BCUT2D eigenvalue weighted by atomic mass is 79.9. The lowest BCUT2D eigenvalue weighted by molar-refractivity contribution is -0.510. The lowest BCUT2D eigenvalue weighted by Gasteiger charge is -1.98. The number of fused-ring (bicyclic) bond motifs is 2. The number of halogens is 1. The largest absolute Gasteiger partial charge is 0.211 e. The summed E-state index contributed by atoms with van der Waals surface area (Å²) in [5.41, 5.74) is 1.21. The molecule has 0 aliphatic heterocycles. The molecular weight excluding hydrogens is 250 g/mol. The van der Waals surface area contributed by atoms with E-state index in [0.717, 1.165) is 4.47 Å². The molecule has 1 aromatic carbocycles. The first-order chi connectivity index (χ1) is 7.34. The molecule has 15 heavy (non-hydrogen) atoms. The van der Waals surface area contributed by atoms with Crippen molar-refractivity contribution in [2.75, 3.05) is 0 Å². The van der Waals surface area contributed by atoms with Gasteiger partial charge in [-0.3, -0.25) is 0 Å². The molecule has 1 nitrogen and oxygen atoms in total. The van der Waals surface area contributed by atoms with E-state index in [-0.39, 0.29) is 0 Å². The summed E-state index contributed by atoms with van der Waals surface area (Å²) in [5.74, 6) is 0. The summed E-state index contributed by atoms with van der Waals surface area (Å²) < 4.78 is 3.28.